The first-order valence-electron chi connectivity index (χ1n) is 7.48. The molecular formula is C16H21FN2O4S. The highest BCUT2D eigenvalue weighted by molar-refractivity contribution is 8.01. The number of halogens is 1. The minimum Gasteiger partial charge on any atom is -0.452 e. The van der Waals surface area contributed by atoms with E-state index in [4.69, 9.17) is 4.74 Å². The van der Waals surface area contributed by atoms with Crippen molar-refractivity contribution in [3.63, 3.8) is 0 Å². The van der Waals surface area contributed by atoms with Gasteiger partial charge in [0.25, 0.3) is 5.91 Å². The Balaban J connectivity index is 2.37. The number of hydrogen-bond acceptors (Lipinski definition) is 5. The number of ether oxygens (including phenoxy) is 1. The van der Waals surface area contributed by atoms with E-state index in [0.717, 1.165) is 11.8 Å². The maximum Gasteiger partial charge on any atom is 0.319 e. The van der Waals surface area contributed by atoms with Crippen LogP contribution in [0.25, 0.3) is 0 Å². The van der Waals surface area contributed by atoms with Crippen LogP contribution in [0.15, 0.2) is 24.3 Å². The number of thioether (sulfide) groups is 1. The molecule has 0 aliphatic heterocycles. The van der Waals surface area contributed by atoms with Crippen molar-refractivity contribution in [2.24, 2.45) is 0 Å². The minimum atomic E-state index is -0.881. The summed E-state index contributed by atoms with van der Waals surface area (Å²) >= 11 is 1.09. The number of carbonyl (C=O) groups is 3. The lowest BCUT2D eigenvalue weighted by Crippen LogP contribution is -2.37. The fourth-order valence-corrected chi connectivity index (χ4v) is 2.31. The maximum atomic E-state index is 12.8. The number of nitrogens with one attached hydrogen (secondary N) is 2. The molecule has 2 N–H and O–H groups in total. The van der Waals surface area contributed by atoms with E-state index in [0.29, 0.717) is 12.2 Å². The van der Waals surface area contributed by atoms with Gasteiger partial charge in [-0.15, -0.1) is 11.8 Å². The summed E-state index contributed by atoms with van der Waals surface area (Å²) in [7, 11) is 0. The molecule has 6 nitrogen and oxygen atoms in total. The standard InChI is InChI=1S/C16H21FN2O4S/c1-4-18-15(21)10(2)23-16(22)11(3)24-9-14(20)19-13-7-5-12(17)6-8-13/h5-8,10-11H,4,9H2,1-3H3,(H,18,21)(H,19,20)/t10-,11-/m1/s1. The number of rotatable bonds is 8. The molecule has 8 heteroatoms. The number of hydrogen-bond donors (Lipinski definition) is 2. The molecule has 2 atom stereocenters. The highest BCUT2D eigenvalue weighted by atomic mass is 32.2. The van der Waals surface area contributed by atoms with Gasteiger partial charge in [-0.25, -0.2) is 4.39 Å². The summed E-state index contributed by atoms with van der Waals surface area (Å²) in [5, 5.41) is 4.56. The largest absolute Gasteiger partial charge is 0.452 e. The maximum absolute atomic E-state index is 12.8. The highest BCUT2D eigenvalue weighted by Crippen LogP contribution is 2.14. The van der Waals surface area contributed by atoms with Crippen LogP contribution in [-0.4, -0.2) is 41.4 Å². The van der Waals surface area contributed by atoms with Crippen molar-refractivity contribution in [1.82, 2.24) is 5.32 Å². The molecule has 0 fully saturated rings. The van der Waals surface area contributed by atoms with Crippen molar-refractivity contribution in [3.05, 3.63) is 30.1 Å². The van der Waals surface area contributed by atoms with Crippen molar-refractivity contribution >= 4 is 35.2 Å². The number of carbonyl (C=O) groups excluding carboxylic acids is 3. The van der Waals surface area contributed by atoms with Crippen LogP contribution in [0.5, 0.6) is 0 Å². The molecule has 1 aromatic rings. The summed E-state index contributed by atoms with van der Waals surface area (Å²) in [5.41, 5.74) is 0.474. The Morgan fingerprint density at radius 3 is 2.42 bits per heavy atom. The summed E-state index contributed by atoms with van der Waals surface area (Å²) in [4.78, 5) is 35.2. The minimum absolute atomic E-state index is 0.0309. The molecule has 0 spiro atoms. The first kappa shape index (κ1) is 20.0. The smallest absolute Gasteiger partial charge is 0.319 e. The molecule has 0 unspecified atom stereocenters. The van der Waals surface area contributed by atoms with Gasteiger partial charge in [-0.3, -0.25) is 14.4 Å². The molecule has 2 amide bonds. The molecule has 0 bridgehead atoms. The molecule has 0 aromatic heterocycles. The molecule has 1 aromatic carbocycles. The summed E-state index contributed by atoms with van der Waals surface area (Å²) < 4.78 is 17.8. The third kappa shape index (κ3) is 6.99. The van der Waals surface area contributed by atoms with Crippen LogP contribution in [0, 0.1) is 5.82 Å². The molecule has 0 saturated heterocycles. The van der Waals surface area contributed by atoms with E-state index in [2.05, 4.69) is 10.6 Å². The Morgan fingerprint density at radius 2 is 1.83 bits per heavy atom. The third-order valence-corrected chi connectivity index (χ3v) is 4.06. The fourth-order valence-electron chi connectivity index (χ4n) is 1.64. The van der Waals surface area contributed by atoms with E-state index in [1.54, 1.807) is 13.8 Å². The number of amides is 2. The van der Waals surface area contributed by atoms with Gasteiger partial charge in [0.05, 0.1) is 5.75 Å². The van der Waals surface area contributed by atoms with Gasteiger partial charge in [0.2, 0.25) is 5.91 Å². The van der Waals surface area contributed by atoms with Gasteiger partial charge in [0, 0.05) is 12.2 Å². The van der Waals surface area contributed by atoms with E-state index >= 15 is 0 Å². The van der Waals surface area contributed by atoms with Crippen molar-refractivity contribution in [1.29, 1.82) is 0 Å². The van der Waals surface area contributed by atoms with E-state index in [-0.39, 0.29) is 23.4 Å². The Bertz CT molecular complexity index is 580. The zero-order valence-corrected chi connectivity index (χ0v) is 14.6. The quantitative estimate of drug-likeness (QED) is 0.696. The van der Waals surface area contributed by atoms with Gasteiger partial charge >= 0.3 is 5.97 Å². The average Bonchev–Trinajstić information content (AvgIpc) is 2.54. The van der Waals surface area contributed by atoms with Crippen LogP contribution >= 0.6 is 11.8 Å². The molecular weight excluding hydrogens is 335 g/mol. The monoisotopic (exact) mass is 356 g/mol. The van der Waals surface area contributed by atoms with Crippen LogP contribution in [0.1, 0.15) is 20.8 Å². The molecule has 0 saturated carbocycles. The van der Waals surface area contributed by atoms with E-state index in [9.17, 15) is 18.8 Å². The Kier molecular flexibility index (Phi) is 8.25. The molecule has 0 aliphatic carbocycles. The van der Waals surface area contributed by atoms with Crippen molar-refractivity contribution < 1.29 is 23.5 Å². The molecule has 0 aliphatic rings. The van der Waals surface area contributed by atoms with Crippen molar-refractivity contribution in [2.45, 2.75) is 32.1 Å². The first-order chi connectivity index (χ1) is 11.3. The van der Waals surface area contributed by atoms with Gasteiger partial charge in [-0.2, -0.15) is 0 Å². The highest BCUT2D eigenvalue weighted by Gasteiger charge is 2.22. The van der Waals surface area contributed by atoms with Crippen molar-refractivity contribution in [3.8, 4) is 0 Å². The lowest BCUT2D eigenvalue weighted by molar-refractivity contribution is -0.153. The lowest BCUT2D eigenvalue weighted by Gasteiger charge is -2.16. The Hall–Kier alpha value is -2.09. The SMILES string of the molecule is CCNC(=O)[C@@H](C)OC(=O)[C@@H](C)SCC(=O)Nc1ccc(F)cc1. The predicted molar refractivity (Wildman–Crippen MR) is 91.2 cm³/mol. The normalized spacial score (nSPS) is 12.8. The number of anilines is 1. The second-order valence-corrected chi connectivity index (χ2v) is 6.31. The van der Waals surface area contributed by atoms with Crippen LogP contribution in [0.4, 0.5) is 10.1 Å². The molecule has 0 radical (unpaired) electrons. The summed E-state index contributed by atoms with van der Waals surface area (Å²) in [6.45, 7) is 5.31. The number of esters is 1. The predicted octanol–water partition coefficient (Wildman–Crippen LogP) is 1.95. The third-order valence-electron chi connectivity index (χ3n) is 2.94. The molecule has 132 valence electrons. The summed E-state index contributed by atoms with van der Waals surface area (Å²) in [6.07, 6.45) is -0.881. The zero-order chi connectivity index (χ0) is 18.1. The topological polar surface area (TPSA) is 84.5 Å². The van der Waals surface area contributed by atoms with Gasteiger partial charge in [-0.05, 0) is 45.0 Å². The van der Waals surface area contributed by atoms with Crippen LogP contribution in [-0.2, 0) is 19.1 Å². The second kappa shape index (κ2) is 9.92. The summed E-state index contributed by atoms with van der Waals surface area (Å²) in [6, 6.07) is 5.38. The Morgan fingerprint density at radius 1 is 1.21 bits per heavy atom. The van der Waals surface area contributed by atoms with E-state index in [1.807, 2.05) is 0 Å². The molecule has 0 heterocycles. The van der Waals surface area contributed by atoms with Crippen LogP contribution in [0.3, 0.4) is 0 Å². The van der Waals surface area contributed by atoms with E-state index < -0.39 is 17.3 Å². The summed E-state index contributed by atoms with van der Waals surface area (Å²) in [5.74, 6) is -1.60. The molecule has 24 heavy (non-hydrogen) atoms. The zero-order valence-electron chi connectivity index (χ0n) is 13.8. The molecule has 1 rings (SSSR count). The first-order valence-corrected chi connectivity index (χ1v) is 8.53. The number of benzene rings is 1. The Labute approximate surface area is 144 Å². The fraction of sp³-hybridized carbons (Fsp3) is 0.438. The van der Waals surface area contributed by atoms with Gasteiger partial charge in [-0.1, -0.05) is 0 Å². The van der Waals surface area contributed by atoms with E-state index in [1.165, 1.54) is 31.2 Å². The van der Waals surface area contributed by atoms with Crippen molar-refractivity contribution in [2.75, 3.05) is 17.6 Å². The lowest BCUT2D eigenvalue weighted by atomic mass is 10.3. The van der Waals surface area contributed by atoms with Gasteiger partial charge < -0.3 is 15.4 Å². The van der Waals surface area contributed by atoms with Crippen LogP contribution < -0.4 is 10.6 Å². The second-order valence-electron chi connectivity index (χ2n) is 4.98. The number of likely N-dealkylation sites (N-methyl/N-ethyl adjacent to an activating group) is 1. The van der Waals surface area contributed by atoms with Crippen LogP contribution in [0.2, 0.25) is 0 Å². The average molecular weight is 356 g/mol. The van der Waals surface area contributed by atoms with Gasteiger partial charge in [0.1, 0.15) is 11.1 Å². The van der Waals surface area contributed by atoms with Gasteiger partial charge in [0.15, 0.2) is 6.10 Å².